The maximum absolute atomic E-state index is 11.1. The summed E-state index contributed by atoms with van der Waals surface area (Å²) < 4.78 is 4.74. The topological polar surface area (TPSA) is 50.1 Å². The molecule has 0 radical (unpaired) electrons. The summed E-state index contributed by atoms with van der Waals surface area (Å²) in [6, 6.07) is 2.03. The molecular formula is C12H19NO2. The number of carbonyl (C=O) groups excluding carboxylic acids is 1. The predicted octanol–water partition coefficient (Wildman–Crippen LogP) is 2.97. The van der Waals surface area contributed by atoms with E-state index in [4.69, 9.17) is 10.00 Å². The Kier molecular flexibility index (Phi) is 8.46. The van der Waals surface area contributed by atoms with E-state index in [1.165, 1.54) is 18.9 Å². The first kappa shape index (κ1) is 13.7. The fraction of sp³-hybridized carbons (Fsp3) is 0.667. The monoisotopic (exact) mass is 209 g/mol. The standard InChI is InChI=1S/C12H19NO2/c1-3-5-6-7-8-11(10-13)9-12(14)15-4-2/h9H,3-8H2,1-2H3/b11-9+. The normalized spacial score (nSPS) is 10.9. The van der Waals surface area contributed by atoms with Gasteiger partial charge in [-0.05, 0) is 19.8 Å². The molecule has 0 saturated carbocycles. The van der Waals surface area contributed by atoms with Gasteiger partial charge in [-0.3, -0.25) is 0 Å². The van der Waals surface area contributed by atoms with E-state index >= 15 is 0 Å². The quantitative estimate of drug-likeness (QED) is 0.280. The van der Waals surface area contributed by atoms with Crippen molar-refractivity contribution in [1.29, 1.82) is 5.26 Å². The number of esters is 1. The molecule has 3 heteroatoms. The molecule has 0 unspecified atom stereocenters. The smallest absolute Gasteiger partial charge is 0.331 e. The second kappa shape index (κ2) is 9.26. The molecule has 0 amide bonds. The Morgan fingerprint density at radius 2 is 2.07 bits per heavy atom. The molecule has 0 aliphatic heterocycles. The highest BCUT2D eigenvalue weighted by Gasteiger charge is 2.01. The highest BCUT2D eigenvalue weighted by molar-refractivity contribution is 5.83. The van der Waals surface area contributed by atoms with Gasteiger partial charge in [-0.1, -0.05) is 26.2 Å². The molecule has 0 heterocycles. The molecule has 0 rings (SSSR count). The number of rotatable bonds is 7. The lowest BCUT2D eigenvalue weighted by atomic mass is 10.1. The van der Waals surface area contributed by atoms with Crippen LogP contribution in [-0.2, 0) is 9.53 Å². The summed E-state index contributed by atoms with van der Waals surface area (Å²) in [7, 11) is 0. The SMILES string of the molecule is CCCCCC/C(C#N)=C\C(=O)OCC. The molecular weight excluding hydrogens is 190 g/mol. The van der Waals surface area contributed by atoms with E-state index in [0.717, 1.165) is 12.8 Å². The van der Waals surface area contributed by atoms with Gasteiger partial charge in [0.05, 0.1) is 12.7 Å². The van der Waals surface area contributed by atoms with Gasteiger partial charge in [-0.15, -0.1) is 0 Å². The van der Waals surface area contributed by atoms with Crippen LogP contribution in [0.3, 0.4) is 0 Å². The van der Waals surface area contributed by atoms with Crippen LogP contribution in [0.25, 0.3) is 0 Å². The Hall–Kier alpha value is -1.30. The number of nitrogens with zero attached hydrogens (tertiary/aromatic N) is 1. The molecule has 0 fully saturated rings. The van der Waals surface area contributed by atoms with Crippen molar-refractivity contribution >= 4 is 5.97 Å². The molecule has 0 aliphatic carbocycles. The number of hydrogen-bond acceptors (Lipinski definition) is 3. The minimum absolute atomic E-state index is 0.351. The van der Waals surface area contributed by atoms with Crippen LogP contribution in [0.15, 0.2) is 11.6 Å². The van der Waals surface area contributed by atoms with Crippen LogP contribution in [0, 0.1) is 11.3 Å². The first-order chi connectivity index (χ1) is 7.24. The van der Waals surface area contributed by atoms with Gasteiger partial charge in [0, 0.05) is 11.6 Å². The number of nitriles is 1. The van der Waals surface area contributed by atoms with Crippen LogP contribution >= 0.6 is 0 Å². The van der Waals surface area contributed by atoms with Crippen LogP contribution in [0.4, 0.5) is 0 Å². The van der Waals surface area contributed by atoms with E-state index in [0.29, 0.717) is 18.6 Å². The molecule has 0 atom stereocenters. The molecule has 0 saturated heterocycles. The lowest BCUT2D eigenvalue weighted by Gasteiger charge is -1.99. The maximum Gasteiger partial charge on any atom is 0.331 e. The van der Waals surface area contributed by atoms with E-state index in [-0.39, 0.29) is 0 Å². The number of hydrogen-bond donors (Lipinski definition) is 0. The summed E-state index contributed by atoms with van der Waals surface area (Å²) in [5.41, 5.74) is 0.518. The van der Waals surface area contributed by atoms with Gasteiger partial charge in [0.2, 0.25) is 0 Å². The molecule has 0 aromatic rings. The third kappa shape index (κ3) is 7.75. The van der Waals surface area contributed by atoms with E-state index in [2.05, 4.69) is 6.92 Å². The van der Waals surface area contributed by atoms with E-state index in [9.17, 15) is 4.79 Å². The van der Waals surface area contributed by atoms with E-state index in [1.54, 1.807) is 6.92 Å². The molecule has 0 aromatic carbocycles. The van der Waals surface area contributed by atoms with Crippen LogP contribution in [0.1, 0.15) is 46.0 Å². The van der Waals surface area contributed by atoms with Crippen molar-refractivity contribution in [2.45, 2.75) is 46.0 Å². The maximum atomic E-state index is 11.1. The van der Waals surface area contributed by atoms with E-state index in [1.807, 2.05) is 6.07 Å². The van der Waals surface area contributed by atoms with Gasteiger partial charge < -0.3 is 4.74 Å². The molecule has 0 N–H and O–H groups in total. The third-order valence-electron chi connectivity index (χ3n) is 2.02. The van der Waals surface area contributed by atoms with Crippen molar-refractivity contribution in [3.05, 3.63) is 11.6 Å². The second-order valence-electron chi connectivity index (χ2n) is 3.34. The van der Waals surface area contributed by atoms with Crippen molar-refractivity contribution < 1.29 is 9.53 Å². The number of carbonyl (C=O) groups is 1. The first-order valence-electron chi connectivity index (χ1n) is 5.52. The van der Waals surface area contributed by atoms with Crippen molar-refractivity contribution in [3.8, 4) is 6.07 Å². The lowest BCUT2D eigenvalue weighted by Crippen LogP contribution is -2.00. The van der Waals surface area contributed by atoms with Gasteiger partial charge in [0.25, 0.3) is 0 Å². The Bertz CT molecular complexity index is 251. The van der Waals surface area contributed by atoms with Gasteiger partial charge in [0.15, 0.2) is 0 Å². The minimum Gasteiger partial charge on any atom is -0.463 e. The number of ether oxygens (including phenoxy) is 1. The third-order valence-corrected chi connectivity index (χ3v) is 2.02. The van der Waals surface area contributed by atoms with E-state index < -0.39 is 5.97 Å². The van der Waals surface area contributed by atoms with Crippen molar-refractivity contribution in [2.24, 2.45) is 0 Å². The predicted molar refractivity (Wildman–Crippen MR) is 59.1 cm³/mol. The average molecular weight is 209 g/mol. The fourth-order valence-corrected chi connectivity index (χ4v) is 1.23. The van der Waals surface area contributed by atoms with Crippen LogP contribution in [0.5, 0.6) is 0 Å². The molecule has 15 heavy (non-hydrogen) atoms. The zero-order chi connectivity index (χ0) is 11.5. The molecule has 3 nitrogen and oxygen atoms in total. The van der Waals surface area contributed by atoms with Crippen molar-refractivity contribution in [2.75, 3.05) is 6.61 Å². The highest BCUT2D eigenvalue weighted by Crippen LogP contribution is 2.09. The van der Waals surface area contributed by atoms with Crippen molar-refractivity contribution in [1.82, 2.24) is 0 Å². The zero-order valence-corrected chi connectivity index (χ0v) is 9.58. The minimum atomic E-state index is -0.412. The van der Waals surface area contributed by atoms with Gasteiger partial charge in [-0.2, -0.15) is 5.26 Å². The Morgan fingerprint density at radius 3 is 2.60 bits per heavy atom. The van der Waals surface area contributed by atoms with Gasteiger partial charge in [0.1, 0.15) is 0 Å². The Labute approximate surface area is 91.7 Å². The lowest BCUT2D eigenvalue weighted by molar-refractivity contribution is -0.137. The number of unbranched alkanes of at least 4 members (excludes halogenated alkanes) is 3. The fourth-order valence-electron chi connectivity index (χ4n) is 1.23. The van der Waals surface area contributed by atoms with Crippen LogP contribution < -0.4 is 0 Å². The highest BCUT2D eigenvalue weighted by atomic mass is 16.5. The molecule has 0 spiro atoms. The van der Waals surface area contributed by atoms with Gasteiger partial charge in [-0.25, -0.2) is 4.79 Å². The second-order valence-corrected chi connectivity index (χ2v) is 3.34. The average Bonchev–Trinajstić information content (AvgIpc) is 2.23. The van der Waals surface area contributed by atoms with Crippen LogP contribution in [-0.4, -0.2) is 12.6 Å². The van der Waals surface area contributed by atoms with Crippen LogP contribution in [0.2, 0.25) is 0 Å². The molecule has 84 valence electrons. The zero-order valence-electron chi connectivity index (χ0n) is 9.58. The number of allylic oxidation sites excluding steroid dienone is 1. The molecule has 0 aromatic heterocycles. The van der Waals surface area contributed by atoms with Crippen molar-refractivity contribution in [3.63, 3.8) is 0 Å². The molecule has 0 aliphatic rings. The first-order valence-corrected chi connectivity index (χ1v) is 5.52. The summed E-state index contributed by atoms with van der Waals surface area (Å²) in [5.74, 6) is -0.412. The summed E-state index contributed by atoms with van der Waals surface area (Å²) in [6.45, 7) is 4.24. The summed E-state index contributed by atoms with van der Waals surface area (Å²) >= 11 is 0. The summed E-state index contributed by atoms with van der Waals surface area (Å²) in [5, 5.41) is 8.77. The molecule has 0 bridgehead atoms. The Balaban J connectivity index is 3.91. The Morgan fingerprint density at radius 1 is 1.33 bits per heavy atom. The van der Waals surface area contributed by atoms with Gasteiger partial charge >= 0.3 is 5.97 Å². The largest absolute Gasteiger partial charge is 0.463 e. The summed E-state index contributed by atoms with van der Waals surface area (Å²) in [4.78, 5) is 11.1. The summed E-state index contributed by atoms with van der Waals surface area (Å²) in [6.07, 6.45) is 6.40.